The molecule has 1 unspecified atom stereocenters. The molecule has 21 heavy (non-hydrogen) atoms. The topological polar surface area (TPSA) is 21.1 Å². The van der Waals surface area contributed by atoms with E-state index in [2.05, 4.69) is 37.3 Å². The van der Waals surface area contributed by atoms with Gasteiger partial charge in [0.15, 0.2) is 0 Å². The zero-order valence-corrected chi connectivity index (χ0v) is 14.3. The molecule has 0 saturated carbocycles. The first-order chi connectivity index (χ1) is 10.1. The van der Waals surface area contributed by atoms with Crippen molar-refractivity contribution >= 4 is 38.6 Å². The summed E-state index contributed by atoms with van der Waals surface area (Å²) >= 11 is 9.30. The second kappa shape index (κ2) is 6.23. The largest absolute Gasteiger partial charge is 0.323 e. The van der Waals surface area contributed by atoms with Crippen molar-refractivity contribution in [1.82, 2.24) is 14.5 Å². The number of hydrogen-bond acceptors (Lipinski definition) is 2. The lowest BCUT2D eigenvalue weighted by atomic mass is 10.2. The van der Waals surface area contributed by atoms with E-state index in [1.165, 1.54) is 18.9 Å². The van der Waals surface area contributed by atoms with E-state index in [1.54, 1.807) is 6.07 Å². The molecule has 1 aromatic carbocycles. The average Bonchev–Trinajstić information content (AvgIpc) is 3.06. The molecule has 0 radical (unpaired) electrons. The van der Waals surface area contributed by atoms with Crippen molar-refractivity contribution in [3.05, 3.63) is 28.2 Å². The van der Waals surface area contributed by atoms with Gasteiger partial charge in [0.05, 0.1) is 21.4 Å². The van der Waals surface area contributed by atoms with E-state index in [9.17, 15) is 4.39 Å². The Labute approximate surface area is 137 Å². The Morgan fingerprint density at radius 1 is 1.38 bits per heavy atom. The van der Waals surface area contributed by atoms with Crippen LogP contribution in [0.2, 0.25) is 0 Å². The van der Waals surface area contributed by atoms with Gasteiger partial charge in [0.2, 0.25) is 0 Å². The molecule has 1 fully saturated rings. The van der Waals surface area contributed by atoms with Crippen molar-refractivity contribution in [2.45, 2.75) is 31.7 Å². The van der Waals surface area contributed by atoms with E-state index in [4.69, 9.17) is 11.6 Å². The zero-order chi connectivity index (χ0) is 15.0. The number of aromatic nitrogens is 2. The van der Waals surface area contributed by atoms with Gasteiger partial charge in [0.1, 0.15) is 11.6 Å². The van der Waals surface area contributed by atoms with Crippen molar-refractivity contribution in [2.24, 2.45) is 0 Å². The number of halogens is 3. The van der Waals surface area contributed by atoms with E-state index < -0.39 is 0 Å². The van der Waals surface area contributed by atoms with Crippen LogP contribution in [0.1, 0.15) is 31.6 Å². The molecular weight excluding hydrogens is 357 g/mol. The monoisotopic (exact) mass is 373 g/mol. The molecule has 0 N–H and O–H groups in total. The molecule has 3 nitrogen and oxygen atoms in total. The molecule has 6 heteroatoms. The molecule has 3 rings (SSSR count). The first-order valence-corrected chi connectivity index (χ1v) is 8.57. The minimum absolute atomic E-state index is 0.263. The number of alkyl halides is 1. The van der Waals surface area contributed by atoms with Crippen LogP contribution in [-0.4, -0.2) is 34.1 Å². The van der Waals surface area contributed by atoms with E-state index in [0.29, 0.717) is 15.9 Å². The summed E-state index contributed by atoms with van der Waals surface area (Å²) in [5.74, 6) is 0.842. The van der Waals surface area contributed by atoms with Crippen LogP contribution < -0.4 is 0 Å². The van der Waals surface area contributed by atoms with E-state index in [-0.39, 0.29) is 11.9 Å². The summed E-state index contributed by atoms with van der Waals surface area (Å²) in [6, 6.07) is 3.53. The van der Waals surface area contributed by atoms with Gasteiger partial charge in [-0.3, -0.25) is 0 Å². The summed E-state index contributed by atoms with van der Waals surface area (Å²) in [4.78, 5) is 6.95. The molecule has 2 heterocycles. The fraction of sp³-hybridized carbons (Fsp3) is 0.533. The molecule has 1 aromatic heterocycles. The maximum absolute atomic E-state index is 13.7. The third kappa shape index (κ3) is 2.96. The number of likely N-dealkylation sites (tertiary alicyclic amines) is 1. The molecule has 0 bridgehead atoms. The zero-order valence-electron chi connectivity index (χ0n) is 12.0. The van der Waals surface area contributed by atoms with Gasteiger partial charge in [-0.15, -0.1) is 11.6 Å². The van der Waals surface area contributed by atoms with Gasteiger partial charge in [0, 0.05) is 18.7 Å². The van der Waals surface area contributed by atoms with Crippen LogP contribution in [0.5, 0.6) is 0 Å². The molecule has 0 spiro atoms. The Kier molecular flexibility index (Phi) is 4.52. The summed E-state index contributed by atoms with van der Waals surface area (Å²) in [5.41, 5.74) is 1.60. The molecule has 1 aliphatic heterocycles. The van der Waals surface area contributed by atoms with E-state index >= 15 is 0 Å². The maximum Gasteiger partial charge on any atom is 0.139 e. The van der Waals surface area contributed by atoms with Crippen molar-refractivity contribution in [3.8, 4) is 0 Å². The Balaban J connectivity index is 2.00. The Morgan fingerprint density at radius 3 is 2.76 bits per heavy atom. The molecule has 1 atom stereocenters. The first-order valence-electron chi connectivity index (χ1n) is 7.24. The molecule has 114 valence electrons. The molecule has 1 saturated heterocycles. The smallest absolute Gasteiger partial charge is 0.139 e. The predicted octanol–water partition coefficient (Wildman–Crippen LogP) is 4.33. The van der Waals surface area contributed by atoms with Crippen LogP contribution in [0.25, 0.3) is 11.0 Å². The SMILES string of the molecule is CC(CN1CCCC1)n1c(CCl)nc2cc(F)c(Br)cc21. The maximum atomic E-state index is 13.7. The summed E-state index contributed by atoms with van der Waals surface area (Å²) < 4.78 is 16.3. The fourth-order valence-corrected chi connectivity index (χ4v) is 3.67. The normalized spacial score (nSPS) is 17.7. The van der Waals surface area contributed by atoms with Crippen molar-refractivity contribution in [3.63, 3.8) is 0 Å². The van der Waals surface area contributed by atoms with Crippen LogP contribution in [0.3, 0.4) is 0 Å². The van der Waals surface area contributed by atoms with Crippen LogP contribution in [-0.2, 0) is 5.88 Å². The van der Waals surface area contributed by atoms with E-state index in [0.717, 1.165) is 31.0 Å². The van der Waals surface area contributed by atoms with Gasteiger partial charge in [-0.2, -0.15) is 0 Å². The van der Waals surface area contributed by atoms with Crippen molar-refractivity contribution < 1.29 is 4.39 Å². The average molecular weight is 375 g/mol. The first kappa shape index (κ1) is 15.3. The second-order valence-corrected chi connectivity index (χ2v) is 6.77. The third-order valence-corrected chi connectivity index (χ3v) is 4.93. The summed E-state index contributed by atoms with van der Waals surface area (Å²) in [6.07, 6.45) is 2.55. The highest BCUT2D eigenvalue weighted by molar-refractivity contribution is 9.10. The minimum Gasteiger partial charge on any atom is -0.323 e. The quantitative estimate of drug-likeness (QED) is 0.743. The Hall–Kier alpha value is -0.650. The van der Waals surface area contributed by atoms with Crippen LogP contribution in [0.4, 0.5) is 4.39 Å². The Morgan fingerprint density at radius 2 is 2.10 bits per heavy atom. The number of imidazole rings is 1. The van der Waals surface area contributed by atoms with E-state index in [1.807, 2.05) is 0 Å². The van der Waals surface area contributed by atoms with Crippen LogP contribution >= 0.6 is 27.5 Å². The third-order valence-electron chi connectivity index (χ3n) is 4.09. The molecule has 2 aromatic rings. The van der Waals surface area contributed by atoms with Gasteiger partial charge in [-0.25, -0.2) is 9.37 Å². The number of fused-ring (bicyclic) bond motifs is 1. The molecule has 0 amide bonds. The van der Waals surface area contributed by atoms with Gasteiger partial charge < -0.3 is 9.47 Å². The molecule has 1 aliphatic rings. The number of benzene rings is 1. The van der Waals surface area contributed by atoms with Crippen molar-refractivity contribution in [2.75, 3.05) is 19.6 Å². The number of hydrogen-bond donors (Lipinski definition) is 0. The highest BCUT2D eigenvalue weighted by Gasteiger charge is 2.20. The van der Waals surface area contributed by atoms with Gasteiger partial charge >= 0.3 is 0 Å². The van der Waals surface area contributed by atoms with Gasteiger partial charge in [-0.1, -0.05) is 0 Å². The molecular formula is C15H18BrClFN3. The van der Waals surface area contributed by atoms with Gasteiger partial charge in [-0.05, 0) is 54.9 Å². The van der Waals surface area contributed by atoms with Crippen molar-refractivity contribution in [1.29, 1.82) is 0 Å². The standard InChI is InChI=1S/C15H18BrClFN3/c1-10(9-20-4-2-3-5-20)21-14-6-11(16)12(18)7-13(14)19-15(21)8-17/h6-7,10H,2-5,8-9H2,1H3. The lowest BCUT2D eigenvalue weighted by Crippen LogP contribution is -2.27. The molecule has 0 aliphatic carbocycles. The highest BCUT2D eigenvalue weighted by atomic mass is 79.9. The minimum atomic E-state index is -0.291. The number of nitrogens with zero attached hydrogens (tertiary/aromatic N) is 3. The Bertz CT molecular complexity index is 652. The van der Waals surface area contributed by atoms with Gasteiger partial charge in [0.25, 0.3) is 0 Å². The summed E-state index contributed by atoms with van der Waals surface area (Å²) in [5, 5.41) is 0. The fourth-order valence-electron chi connectivity index (χ4n) is 3.15. The number of rotatable bonds is 4. The predicted molar refractivity (Wildman–Crippen MR) is 87.3 cm³/mol. The lowest BCUT2D eigenvalue weighted by Gasteiger charge is -2.23. The van der Waals surface area contributed by atoms with Crippen LogP contribution in [0, 0.1) is 5.82 Å². The second-order valence-electron chi connectivity index (χ2n) is 5.64. The highest BCUT2D eigenvalue weighted by Crippen LogP contribution is 2.28. The summed E-state index contributed by atoms with van der Waals surface area (Å²) in [6.45, 7) is 5.47. The summed E-state index contributed by atoms with van der Waals surface area (Å²) in [7, 11) is 0. The lowest BCUT2D eigenvalue weighted by molar-refractivity contribution is 0.288. The van der Waals surface area contributed by atoms with Crippen LogP contribution in [0.15, 0.2) is 16.6 Å².